The quantitative estimate of drug-likeness (QED) is 0.219. The van der Waals surface area contributed by atoms with Crippen LogP contribution >= 0.6 is 18.6 Å². The first kappa shape index (κ1) is 22.9. The highest BCUT2D eigenvalue weighted by Gasteiger charge is 2.16. The third kappa shape index (κ3) is 6.17. The molecular weight excluding hydrogens is 451 g/mol. The standard InChI is InChI=1S/C25H25N4O2PS/c1-32(31,28-16-19-4-2-12-27-15-19)17-18-6-8-20(9-7-18)25(30)29-23-14-21(10-11-22(23)26)24-5-3-13-33-24/h2-15H,16-17,26H2,1H3,(H,28,31)(H,29,30). The number of benzene rings is 2. The van der Waals surface area contributed by atoms with Crippen molar-refractivity contribution in [2.75, 3.05) is 17.7 Å². The summed E-state index contributed by atoms with van der Waals surface area (Å²) < 4.78 is 13.0. The Balaban J connectivity index is 1.39. The fraction of sp³-hybridized carbons (Fsp3) is 0.120. The van der Waals surface area contributed by atoms with E-state index in [0.717, 1.165) is 21.6 Å². The number of anilines is 2. The van der Waals surface area contributed by atoms with Crippen molar-refractivity contribution in [2.45, 2.75) is 12.7 Å². The van der Waals surface area contributed by atoms with Gasteiger partial charge >= 0.3 is 0 Å². The van der Waals surface area contributed by atoms with Crippen LogP contribution in [0.1, 0.15) is 21.5 Å². The number of aromatic nitrogens is 1. The highest BCUT2D eigenvalue weighted by Crippen LogP contribution is 2.40. The molecule has 4 N–H and O–H groups in total. The van der Waals surface area contributed by atoms with Gasteiger partial charge in [0.2, 0.25) is 0 Å². The van der Waals surface area contributed by atoms with Crippen molar-refractivity contribution >= 4 is 35.9 Å². The van der Waals surface area contributed by atoms with E-state index >= 15 is 0 Å². The molecule has 0 aliphatic heterocycles. The van der Waals surface area contributed by atoms with Crippen molar-refractivity contribution in [1.82, 2.24) is 10.1 Å². The minimum atomic E-state index is -2.60. The fourth-order valence-corrected chi connectivity index (χ4v) is 5.64. The number of amides is 1. The van der Waals surface area contributed by atoms with Gasteiger partial charge in [0.25, 0.3) is 5.91 Å². The molecule has 0 aliphatic rings. The summed E-state index contributed by atoms with van der Waals surface area (Å²) in [7, 11) is -2.60. The number of nitrogens with zero attached hydrogens (tertiary/aromatic N) is 1. The molecule has 2 aromatic heterocycles. The predicted molar refractivity (Wildman–Crippen MR) is 137 cm³/mol. The van der Waals surface area contributed by atoms with Gasteiger partial charge in [-0.1, -0.05) is 30.3 Å². The zero-order chi connectivity index (χ0) is 23.3. The highest BCUT2D eigenvalue weighted by molar-refractivity contribution is 7.60. The van der Waals surface area contributed by atoms with Crippen LogP contribution < -0.4 is 16.1 Å². The summed E-state index contributed by atoms with van der Waals surface area (Å²) in [5.41, 5.74) is 10.6. The number of hydrogen-bond donors (Lipinski definition) is 3. The molecule has 0 saturated carbocycles. The second kappa shape index (κ2) is 10.1. The molecule has 168 valence electrons. The van der Waals surface area contributed by atoms with Gasteiger partial charge in [0, 0.05) is 42.2 Å². The van der Waals surface area contributed by atoms with Crippen LogP contribution in [0.15, 0.2) is 84.5 Å². The van der Waals surface area contributed by atoms with Gasteiger partial charge in [-0.25, -0.2) is 0 Å². The summed E-state index contributed by atoms with van der Waals surface area (Å²) in [6.07, 6.45) is 3.86. The molecule has 8 heteroatoms. The lowest BCUT2D eigenvalue weighted by Crippen LogP contribution is -2.13. The van der Waals surface area contributed by atoms with Crippen LogP contribution in [0.3, 0.4) is 0 Å². The van der Waals surface area contributed by atoms with Gasteiger partial charge in [-0.3, -0.25) is 14.9 Å². The minimum Gasteiger partial charge on any atom is -0.397 e. The maximum Gasteiger partial charge on any atom is 0.255 e. The van der Waals surface area contributed by atoms with Crippen molar-refractivity contribution < 1.29 is 9.36 Å². The molecule has 0 radical (unpaired) electrons. The van der Waals surface area contributed by atoms with Gasteiger partial charge in [0.05, 0.1) is 11.4 Å². The third-order valence-corrected chi connectivity index (χ3v) is 7.86. The average molecular weight is 477 g/mol. The molecule has 1 atom stereocenters. The summed E-state index contributed by atoms with van der Waals surface area (Å²) in [6.45, 7) is 2.22. The smallest absolute Gasteiger partial charge is 0.255 e. The normalized spacial score (nSPS) is 12.8. The number of nitrogen functional groups attached to an aromatic ring is 1. The summed E-state index contributed by atoms with van der Waals surface area (Å²) >= 11 is 1.63. The molecule has 0 saturated heterocycles. The zero-order valence-electron chi connectivity index (χ0n) is 18.2. The molecule has 1 amide bonds. The van der Waals surface area contributed by atoms with E-state index in [2.05, 4.69) is 15.4 Å². The van der Waals surface area contributed by atoms with E-state index in [-0.39, 0.29) is 5.91 Å². The topological polar surface area (TPSA) is 97.1 Å². The zero-order valence-corrected chi connectivity index (χ0v) is 19.9. The summed E-state index contributed by atoms with van der Waals surface area (Å²) in [4.78, 5) is 18.0. The van der Waals surface area contributed by atoms with Crippen LogP contribution in [0.25, 0.3) is 10.4 Å². The number of thiophene rings is 1. The van der Waals surface area contributed by atoms with Gasteiger partial charge in [-0.05, 0) is 58.5 Å². The van der Waals surface area contributed by atoms with Crippen LogP contribution in [0.5, 0.6) is 0 Å². The summed E-state index contributed by atoms with van der Waals surface area (Å²) in [5.74, 6) is -0.244. The SMILES string of the molecule is CP(=O)(Cc1ccc(C(=O)Nc2cc(-c3cccs3)ccc2N)cc1)NCc1cccnc1. The van der Waals surface area contributed by atoms with Gasteiger partial charge in [0.1, 0.15) is 7.29 Å². The predicted octanol–water partition coefficient (Wildman–Crippen LogP) is 5.84. The van der Waals surface area contributed by atoms with Crippen molar-refractivity contribution in [3.8, 4) is 10.4 Å². The second-order valence-electron chi connectivity index (χ2n) is 7.89. The molecule has 0 aliphatic carbocycles. The lowest BCUT2D eigenvalue weighted by molar-refractivity contribution is 0.102. The Morgan fingerprint density at radius 2 is 1.88 bits per heavy atom. The summed E-state index contributed by atoms with van der Waals surface area (Å²) in [5, 5.41) is 8.05. The summed E-state index contributed by atoms with van der Waals surface area (Å²) in [6, 6.07) is 20.6. The number of carbonyl (C=O) groups excluding carboxylic acids is 1. The molecule has 33 heavy (non-hydrogen) atoms. The number of pyridine rings is 1. The molecular formula is C25H25N4O2PS. The Labute approximate surface area is 197 Å². The fourth-order valence-electron chi connectivity index (χ4n) is 3.38. The lowest BCUT2D eigenvalue weighted by Gasteiger charge is -2.15. The molecule has 6 nitrogen and oxygen atoms in total. The first-order chi connectivity index (χ1) is 15.9. The van der Waals surface area contributed by atoms with Crippen molar-refractivity contribution in [3.05, 3.63) is 101 Å². The first-order valence-electron chi connectivity index (χ1n) is 10.4. The van der Waals surface area contributed by atoms with Crippen LogP contribution in [0.4, 0.5) is 11.4 Å². The number of nitrogens with one attached hydrogen (secondary N) is 2. The molecule has 1 unspecified atom stereocenters. The number of nitrogens with two attached hydrogens (primary N) is 1. The largest absolute Gasteiger partial charge is 0.397 e. The number of hydrogen-bond acceptors (Lipinski definition) is 5. The number of rotatable bonds is 8. The maximum atomic E-state index is 13.0. The molecule has 0 fully saturated rings. The van der Waals surface area contributed by atoms with E-state index in [0.29, 0.717) is 29.6 Å². The van der Waals surface area contributed by atoms with E-state index in [1.807, 2.05) is 53.9 Å². The Kier molecular flexibility index (Phi) is 7.04. The first-order valence-corrected chi connectivity index (χ1v) is 13.7. The molecule has 0 spiro atoms. The number of carbonyl (C=O) groups is 1. The molecule has 2 aromatic carbocycles. The molecule has 0 bridgehead atoms. The Hall–Kier alpha value is -3.25. The van der Waals surface area contributed by atoms with Crippen molar-refractivity contribution in [3.63, 3.8) is 0 Å². The van der Waals surface area contributed by atoms with Gasteiger partial charge in [-0.15, -0.1) is 11.3 Å². The average Bonchev–Trinajstić information content (AvgIpc) is 3.35. The Morgan fingerprint density at radius 3 is 2.58 bits per heavy atom. The monoisotopic (exact) mass is 476 g/mol. The Bertz CT molecular complexity index is 1280. The van der Waals surface area contributed by atoms with Crippen molar-refractivity contribution in [2.24, 2.45) is 0 Å². The third-order valence-electron chi connectivity index (χ3n) is 5.15. The van der Waals surface area contributed by atoms with Gasteiger partial charge < -0.3 is 15.6 Å². The van der Waals surface area contributed by atoms with E-state index in [4.69, 9.17) is 5.73 Å². The van der Waals surface area contributed by atoms with Crippen LogP contribution in [0.2, 0.25) is 0 Å². The minimum absolute atomic E-state index is 0.244. The van der Waals surface area contributed by atoms with E-state index in [1.165, 1.54) is 0 Å². The molecule has 4 aromatic rings. The molecule has 4 rings (SSSR count). The Morgan fingerprint density at radius 1 is 1.06 bits per heavy atom. The van der Waals surface area contributed by atoms with E-state index < -0.39 is 7.29 Å². The van der Waals surface area contributed by atoms with Crippen LogP contribution in [0, 0.1) is 0 Å². The molecule has 2 heterocycles. The van der Waals surface area contributed by atoms with Gasteiger partial charge in [0.15, 0.2) is 0 Å². The van der Waals surface area contributed by atoms with Crippen molar-refractivity contribution in [1.29, 1.82) is 0 Å². The second-order valence-corrected chi connectivity index (χ2v) is 11.7. The van der Waals surface area contributed by atoms with Crippen LogP contribution in [-0.2, 0) is 17.3 Å². The highest BCUT2D eigenvalue weighted by atomic mass is 32.1. The van der Waals surface area contributed by atoms with Crippen LogP contribution in [-0.4, -0.2) is 17.6 Å². The van der Waals surface area contributed by atoms with E-state index in [1.54, 1.807) is 48.6 Å². The van der Waals surface area contributed by atoms with E-state index in [9.17, 15) is 9.36 Å². The maximum absolute atomic E-state index is 13.0. The van der Waals surface area contributed by atoms with Gasteiger partial charge in [-0.2, -0.15) is 0 Å². The lowest BCUT2D eigenvalue weighted by atomic mass is 10.1.